The molecule has 0 fully saturated rings. The Balaban J connectivity index is 1.89. The Morgan fingerprint density at radius 1 is 1.22 bits per heavy atom. The second-order valence-electron chi connectivity index (χ2n) is 6.13. The first-order valence-corrected chi connectivity index (χ1v) is 10.0. The molecular weight excluding hydrogens is 384 g/mol. The Kier molecular flexibility index (Phi) is 6.31. The Bertz CT molecular complexity index is 877. The summed E-state index contributed by atoms with van der Waals surface area (Å²) in [6.07, 6.45) is 0.604. The van der Waals surface area contributed by atoms with Gasteiger partial charge in [0, 0.05) is 35.3 Å². The average molecular weight is 405 g/mol. The first kappa shape index (κ1) is 19.6. The fourth-order valence-electron chi connectivity index (χ4n) is 2.83. The van der Waals surface area contributed by atoms with E-state index in [1.54, 1.807) is 6.07 Å². The minimum atomic E-state index is -0.323. The van der Waals surface area contributed by atoms with Gasteiger partial charge in [-0.1, -0.05) is 23.7 Å². The third-order valence-electron chi connectivity index (χ3n) is 4.25. The lowest BCUT2D eigenvalue weighted by atomic mass is 10.1. The summed E-state index contributed by atoms with van der Waals surface area (Å²) in [5.74, 6) is -0.601. The number of amides is 2. The van der Waals surface area contributed by atoms with Crippen LogP contribution in [0.4, 0.5) is 5.69 Å². The molecule has 1 aromatic carbocycles. The van der Waals surface area contributed by atoms with Crippen LogP contribution in [0.15, 0.2) is 41.4 Å². The zero-order valence-electron chi connectivity index (χ0n) is 15.3. The highest BCUT2D eigenvalue weighted by Gasteiger charge is 2.39. The van der Waals surface area contributed by atoms with Gasteiger partial charge in [-0.3, -0.25) is 14.5 Å². The summed E-state index contributed by atoms with van der Waals surface area (Å²) in [7, 11) is 0. The number of nitrogens with one attached hydrogen (secondary N) is 1. The molecule has 1 N–H and O–H groups in total. The van der Waals surface area contributed by atoms with Gasteiger partial charge in [0.05, 0.1) is 5.57 Å². The van der Waals surface area contributed by atoms with Gasteiger partial charge >= 0.3 is 0 Å². The number of carbonyl (C=O) groups is 2. The molecule has 0 saturated carbocycles. The molecule has 2 aromatic rings. The van der Waals surface area contributed by atoms with Crippen molar-refractivity contribution in [1.82, 2.24) is 4.90 Å². The number of hydrogen-bond donors (Lipinski definition) is 1. The van der Waals surface area contributed by atoms with E-state index in [2.05, 4.69) is 5.32 Å². The maximum atomic E-state index is 13.0. The largest absolute Gasteiger partial charge is 0.382 e. The Morgan fingerprint density at radius 2 is 2.04 bits per heavy atom. The van der Waals surface area contributed by atoms with Crippen LogP contribution < -0.4 is 5.32 Å². The molecule has 1 aliphatic rings. The maximum absolute atomic E-state index is 13.0. The predicted octanol–water partition coefficient (Wildman–Crippen LogP) is 4.33. The van der Waals surface area contributed by atoms with Crippen molar-refractivity contribution in [1.29, 1.82) is 0 Å². The van der Waals surface area contributed by atoms with Crippen LogP contribution in [-0.4, -0.2) is 36.5 Å². The second kappa shape index (κ2) is 8.69. The van der Waals surface area contributed by atoms with Gasteiger partial charge in [0.2, 0.25) is 0 Å². The topological polar surface area (TPSA) is 58.6 Å². The van der Waals surface area contributed by atoms with Crippen LogP contribution in [0.25, 0.3) is 5.57 Å². The van der Waals surface area contributed by atoms with Crippen LogP contribution in [0.1, 0.15) is 23.8 Å². The van der Waals surface area contributed by atoms with Crippen LogP contribution in [0.2, 0.25) is 5.02 Å². The molecule has 0 radical (unpaired) electrons. The highest BCUT2D eigenvalue weighted by molar-refractivity contribution is 7.11. The predicted molar refractivity (Wildman–Crippen MR) is 109 cm³/mol. The molecule has 5 nitrogen and oxygen atoms in total. The van der Waals surface area contributed by atoms with E-state index in [-0.39, 0.29) is 11.8 Å². The van der Waals surface area contributed by atoms with E-state index >= 15 is 0 Å². The maximum Gasteiger partial charge on any atom is 0.278 e. The third-order valence-corrected chi connectivity index (χ3v) is 5.55. The van der Waals surface area contributed by atoms with Gasteiger partial charge in [0.1, 0.15) is 5.70 Å². The second-order valence-corrected chi connectivity index (χ2v) is 7.48. The molecule has 0 bridgehead atoms. The molecular formula is C20H21ClN2O3S. The SMILES string of the molecule is CCOCCCN1C(=O)C(Nc2ccc(C)c(Cl)c2)=C(c2cccs2)C1=O. The molecule has 2 heterocycles. The van der Waals surface area contributed by atoms with E-state index in [0.717, 1.165) is 10.4 Å². The first-order valence-electron chi connectivity index (χ1n) is 8.78. The highest BCUT2D eigenvalue weighted by atomic mass is 35.5. The minimum absolute atomic E-state index is 0.278. The van der Waals surface area contributed by atoms with Crippen molar-refractivity contribution in [3.05, 3.63) is 56.9 Å². The summed E-state index contributed by atoms with van der Waals surface area (Å²) in [6, 6.07) is 9.18. The first-order chi connectivity index (χ1) is 13.0. The number of carbonyl (C=O) groups excluding carboxylic acids is 2. The number of ether oxygens (including phenoxy) is 1. The molecule has 3 rings (SSSR count). The van der Waals surface area contributed by atoms with Crippen molar-refractivity contribution in [2.75, 3.05) is 25.1 Å². The third kappa shape index (κ3) is 4.24. The van der Waals surface area contributed by atoms with Crippen molar-refractivity contribution >= 4 is 46.0 Å². The van der Waals surface area contributed by atoms with E-state index in [4.69, 9.17) is 16.3 Å². The fraction of sp³-hybridized carbons (Fsp3) is 0.300. The van der Waals surface area contributed by atoms with Crippen molar-refractivity contribution in [3.8, 4) is 0 Å². The van der Waals surface area contributed by atoms with Gasteiger partial charge in [0.25, 0.3) is 11.8 Å². The van der Waals surface area contributed by atoms with E-state index in [1.807, 2.05) is 43.5 Å². The Hall–Kier alpha value is -2.15. The van der Waals surface area contributed by atoms with Crippen LogP contribution in [0.3, 0.4) is 0 Å². The number of aryl methyl sites for hydroxylation is 1. The molecule has 2 amide bonds. The molecule has 1 aromatic heterocycles. The molecule has 0 atom stereocenters. The fourth-order valence-corrected chi connectivity index (χ4v) is 3.78. The molecule has 7 heteroatoms. The number of thiophene rings is 1. The number of rotatable bonds is 8. The van der Waals surface area contributed by atoms with Crippen LogP contribution in [0.5, 0.6) is 0 Å². The van der Waals surface area contributed by atoms with Gasteiger partial charge < -0.3 is 10.1 Å². The quantitative estimate of drug-likeness (QED) is 0.525. The normalized spacial score (nSPS) is 14.4. The van der Waals surface area contributed by atoms with E-state index < -0.39 is 0 Å². The zero-order valence-corrected chi connectivity index (χ0v) is 16.8. The van der Waals surface area contributed by atoms with Gasteiger partial charge in [-0.2, -0.15) is 0 Å². The number of nitrogens with zero attached hydrogens (tertiary/aromatic N) is 1. The van der Waals surface area contributed by atoms with Crippen LogP contribution in [-0.2, 0) is 14.3 Å². The molecule has 0 aliphatic carbocycles. The molecule has 0 spiro atoms. The molecule has 0 unspecified atom stereocenters. The Morgan fingerprint density at radius 3 is 2.70 bits per heavy atom. The zero-order chi connectivity index (χ0) is 19.4. The lowest BCUT2D eigenvalue weighted by molar-refractivity contribution is -0.137. The lowest BCUT2D eigenvalue weighted by Gasteiger charge is -2.15. The number of benzene rings is 1. The minimum Gasteiger partial charge on any atom is -0.382 e. The van der Waals surface area contributed by atoms with Crippen molar-refractivity contribution in [3.63, 3.8) is 0 Å². The van der Waals surface area contributed by atoms with E-state index in [1.165, 1.54) is 16.2 Å². The van der Waals surface area contributed by atoms with E-state index in [0.29, 0.717) is 48.2 Å². The standard InChI is InChI=1S/C20H21ClN2O3S/c1-3-26-10-5-9-23-19(24)17(16-6-4-11-27-16)18(20(23)25)22-14-8-7-13(2)15(21)12-14/h4,6-8,11-12,22H,3,5,9-10H2,1-2H3. The molecule has 27 heavy (non-hydrogen) atoms. The highest BCUT2D eigenvalue weighted by Crippen LogP contribution is 2.33. The number of hydrogen-bond acceptors (Lipinski definition) is 5. The number of imide groups is 1. The number of halogens is 1. The monoisotopic (exact) mass is 404 g/mol. The summed E-state index contributed by atoms with van der Waals surface area (Å²) in [5.41, 5.74) is 2.31. The summed E-state index contributed by atoms with van der Waals surface area (Å²) in [4.78, 5) is 28.0. The Labute approximate surface area is 167 Å². The van der Waals surface area contributed by atoms with Gasteiger partial charge in [-0.25, -0.2) is 0 Å². The molecule has 142 valence electrons. The summed E-state index contributed by atoms with van der Waals surface area (Å²) < 4.78 is 5.32. The summed E-state index contributed by atoms with van der Waals surface area (Å²) in [5, 5.41) is 5.61. The van der Waals surface area contributed by atoms with Crippen LogP contribution in [0, 0.1) is 6.92 Å². The lowest BCUT2D eigenvalue weighted by Crippen LogP contribution is -2.33. The van der Waals surface area contributed by atoms with Crippen molar-refractivity contribution in [2.24, 2.45) is 0 Å². The summed E-state index contributed by atoms with van der Waals surface area (Å²) >= 11 is 7.63. The number of anilines is 1. The average Bonchev–Trinajstić information content (AvgIpc) is 3.24. The smallest absolute Gasteiger partial charge is 0.278 e. The molecule has 1 aliphatic heterocycles. The van der Waals surface area contributed by atoms with Gasteiger partial charge in [-0.05, 0) is 49.4 Å². The van der Waals surface area contributed by atoms with Crippen molar-refractivity contribution < 1.29 is 14.3 Å². The van der Waals surface area contributed by atoms with Gasteiger partial charge in [0.15, 0.2) is 0 Å². The summed E-state index contributed by atoms with van der Waals surface area (Å²) in [6.45, 7) is 5.27. The van der Waals surface area contributed by atoms with Crippen LogP contribution >= 0.6 is 22.9 Å². The van der Waals surface area contributed by atoms with Crippen molar-refractivity contribution in [2.45, 2.75) is 20.3 Å². The van der Waals surface area contributed by atoms with E-state index in [9.17, 15) is 9.59 Å². The van der Waals surface area contributed by atoms with Gasteiger partial charge in [-0.15, -0.1) is 11.3 Å². The molecule has 0 saturated heterocycles.